The normalized spacial score (nSPS) is 13.8. The Morgan fingerprint density at radius 1 is 1.38 bits per heavy atom. The van der Waals surface area contributed by atoms with E-state index in [0.29, 0.717) is 11.6 Å². The van der Waals surface area contributed by atoms with E-state index in [4.69, 9.17) is 14.0 Å². The average molecular weight is 290 g/mol. The summed E-state index contributed by atoms with van der Waals surface area (Å²) in [6.45, 7) is 0. The molecule has 1 saturated carbocycles. The topological polar surface area (TPSA) is 99.4 Å². The van der Waals surface area contributed by atoms with Crippen molar-refractivity contribution in [1.82, 2.24) is 15.1 Å². The van der Waals surface area contributed by atoms with Gasteiger partial charge in [-0.1, -0.05) is 5.16 Å². The van der Waals surface area contributed by atoms with Crippen LogP contribution in [0.1, 0.15) is 35.0 Å². The number of aromatic nitrogens is 3. The van der Waals surface area contributed by atoms with Crippen LogP contribution in [0.3, 0.4) is 0 Å². The lowest BCUT2D eigenvalue weighted by atomic mass is 10.3. The molecular formula is C13H14N4O4. The van der Waals surface area contributed by atoms with Gasteiger partial charge in [-0.3, -0.25) is 4.79 Å². The summed E-state index contributed by atoms with van der Waals surface area (Å²) in [6.07, 6.45) is 3.57. The number of methoxy groups -OCH3 is 2. The minimum Gasteiger partial charge on any atom is -0.479 e. The third-order valence-corrected chi connectivity index (χ3v) is 3.10. The van der Waals surface area contributed by atoms with Crippen molar-refractivity contribution in [1.29, 1.82) is 0 Å². The zero-order valence-electron chi connectivity index (χ0n) is 11.6. The van der Waals surface area contributed by atoms with Crippen LogP contribution in [0.5, 0.6) is 11.9 Å². The Morgan fingerprint density at radius 2 is 2.19 bits per heavy atom. The highest BCUT2D eigenvalue weighted by atomic mass is 16.5. The maximum absolute atomic E-state index is 12.1. The van der Waals surface area contributed by atoms with Gasteiger partial charge in [0.25, 0.3) is 5.91 Å². The molecule has 0 saturated heterocycles. The van der Waals surface area contributed by atoms with Crippen molar-refractivity contribution >= 4 is 11.6 Å². The van der Waals surface area contributed by atoms with Crippen LogP contribution >= 0.6 is 0 Å². The van der Waals surface area contributed by atoms with E-state index in [9.17, 15) is 4.79 Å². The van der Waals surface area contributed by atoms with Crippen molar-refractivity contribution < 1.29 is 18.8 Å². The minimum absolute atomic E-state index is 0.155. The van der Waals surface area contributed by atoms with Crippen LogP contribution < -0.4 is 14.8 Å². The van der Waals surface area contributed by atoms with Gasteiger partial charge in [-0.2, -0.15) is 4.98 Å². The third-order valence-electron chi connectivity index (χ3n) is 3.10. The van der Waals surface area contributed by atoms with Crippen LogP contribution in [0.4, 0.5) is 5.69 Å². The first kappa shape index (κ1) is 13.3. The van der Waals surface area contributed by atoms with Gasteiger partial charge in [-0.15, -0.1) is 0 Å². The molecule has 1 amide bonds. The van der Waals surface area contributed by atoms with Crippen LogP contribution in [0.2, 0.25) is 0 Å². The lowest BCUT2D eigenvalue weighted by Crippen LogP contribution is -2.14. The van der Waals surface area contributed by atoms with E-state index in [1.165, 1.54) is 20.4 Å². The first-order valence-corrected chi connectivity index (χ1v) is 6.44. The molecule has 0 aliphatic heterocycles. The van der Waals surface area contributed by atoms with Crippen LogP contribution in [0.15, 0.2) is 16.8 Å². The number of hydrogen-bond donors (Lipinski definition) is 1. The van der Waals surface area contributed by atoms with E-state index >= 15 is 0 Å². The molecule has 21 heavy (non-hydrogen) atoms. The van der Waals surface area contributed by atoms with Crippen molar-refractivity contribution in [3.63, 3.8) is 0 Å². The van der Waals surface area contributed by atoms with Crippen molar-refractivity contribution in [2.24, 2.45) is 0 Å². The SMILES string of the molecule is COc1ncc(NC(=O)c2cc(C3CC3)on2)c(OC)n1. The fourth-order valence-electron chi connectivity index (χ4n) is 1.83. The zero-order chi connectivity index (χ0) is 14.8. The summed E-state index contributed by atoms with van der Waals surface area (Å²) in [6, 6.07) is 1.81. The number of rotatable bonds is 5. The number of carbonyl (C=O) groups is 1. The summed E-state index contributed by atoms with van der Waals surface area (Å²) >= 11 is 0. The average Bonchev–Trinajstić information content (AvgIpc) is 3.24. The number of amides is 1. The molecule has 2 aromatic rings. The number of hydrogen-bond acceptors (Lipinski definition) is 7. The Morgan fingerprint density at radius 3 is 2.86 bits per heavy atom. The largest absolute Gasteiger partial charge is 0.479 e. The molecule has 1 fully saturated rings. The van der Waals surface area contributed by atoms with Crippen LogP contribution in [0, 0.1) is 0 Å². The van der Waals surface area contributed by atoms with Gasteiger partial charge in [-0.05, 0) is 12.8 Å². The second-order valence-corrected chi connectivity index (χ2v) is 4.62. The fraction of sp³-hybridized carbons (Fsp3) is 0.385. The molecule has 8 nitrogen and oxygen atoms in total. The lowest BCUT2D eigenvalue weighted by molar-refractivity contribution is 0.101. The molecule has 1 aliphatic carbocycles. The van der Waals surface area contributed by atoms with Crippen molar-refractivity contribution in [3.8, 4) is 11.9 Å². The molecule has 0 unspecified atom stereocenters. The molecule has 3 rings (SSSR count). The van der Waals surface area contributed by atoms with Gasteiger partial charge in [0.2, 0.25) is 5.88 Å². The second kappa shape index (κ2) is 5.39. The molecule has 0 radical (unpaired) electrons. The highest BCUT2D eigenvalue weighted by Crippen LogP contribution is 2.40. The van der Waals surface area contributed by atoms with Gasteiger partial charge in [0.15, 0.2) is 5.69 Å². The Balaban J connectivity index is 1.76. The highest BCUT2D eigenvalue weighted by molar-refractivity contribution is 6.03. The molecule has 1 aliphatic rings. The van der Waals surface area contributed by atoms with E-state index in [1.54, 1.807) is 6.07 Å². The smallest absolute Gasteiger partial charge is 0.319 e. The van der Waals surface area contributed by atoms with E-state index in [-0.39, 0.29) is 17.6 Å². The Labute approximate surface area is 120 Å². The van der Waals surface area contributed by atoms with Crippen LogP contribution in [-0.4, -0.2) is 35.3 Å². The number of nitrogens with zero attached hydrogens (tertiary/aromatic N) is 3. The minimum atomic E-state index is -0.405. The molecule has 0 atom stereocenters. The summed E-state index contributed by atoms with van der Waals surface area (Å²) in [7, 11) is 2.89. The summed E-state index contributed by atoms with van der Waals surface area (Å²) in [5.41, 5.74) is 0.550. The molecule has 0 bridgehead atoms. The first-order valence-electron chi connectivity index (χ1n) is 6.44. The molecule has 2 heterocycles. The van der Waals surface area contributed by atoms with Gasteiger partial charge < -0.3 is 19.3 Å². The Bertz CT molecular complexity index is 666. The van der Waals surface area contributed by atoms with Gasteiger partial charge >= 0.3 is 6.01 Å². The van der Waals surface area contributed by atoms with Crippen molar-refractivity contribution in [2.75, 3.05) is 19.5 Å². The number of nitrogens with one attached hydrogen (secondary N) is 1. The zero-order valence-corrected chi connectivity index (χ0v) is 11.6. The van der Waals surface area contributed by atoms with E-state index in [0.717, 1.165) is 18.6 Å². The predicted octanol–water partition coefficient (Wildman–Crippen LogP) is 1.61. The molecule has 2 aromatic heterocycles. The third kappa shape index (κ3) is 2.78. The van der Waals surface area contributed by atoms with Gasteiger partial charge in [-0.25, -0.2) is 4.98 Å². The summed E-state index contributed by atoms with van der Waals surface area (Å²) < 4.78 is 15.1. The van der Waals surface area contributed by atoms with E-state index in [2.05, 4.69) is 20.4 Å². The van der Waals surface area contributed by atoms with Gasteiger partial charge in [0.05, 0.1) is 20.4 Å². The fourth-order valence-corrected chi connectivity index (χ4v) is 1.83. The van der Waals surface area contributed by atoms with E-state index in [1.807, 2.05) is 0 Å². The summed E-state index contributed by atoms with van der Waals surface area (Å²) in [5.74, 6) is 0.954. The Kier molecular flexibility index (Phi) is 3.43. The maximum Gasteiger partial charge on any atom is 0.319 e. The number of ether oxygens (including phenoxy) is 2. The van der Waals surface area contributed by atoms with Crippen LogP contribution in [-0.2, 0) is 0 Å². The summed E-state index contributed by atoms with van der Waals surface area (Å²) in [4.78, 5) is 20.0. The molecule has 8 heteroatoms. The van der Waals surface area contributed by atoms with E-state index < -0.39 is 5.91 Å². The lowest BCUT2D eigenvalue weighted by Gasteiger charge is -2.08. The predicted molar refractivity (Wildman–Crippen MR) is 71.6 cm³/mol. The molecule has 0 aromatic carbocycles. The quantitative estimate of drug-likeness (QED) is 0.892. The van der Waals surface area contributed by atoms with Crippen molar-refractivity contribution in [2.45, 2.75) is 18.8 Å². The molecular weight excluding hydrogens is 276 g/mol. The van der Waals surface area contributed by atoms with Crippen molar-refractivity contribution in [3.05, 3.63) is 23.7 Å². The highest BCUT2D eigenvalue weighted by Gasteiger charge is 2.29. The number of anilines is 1. The first-order chi connectivity index (χ1) is 10.2. The van der Waals surface area contributed by atoms with Gasteiger partial charge in [0, 0.05) is 12.0 Å². The van der Waals surface area contributed by atoms with Crippen LogP contribution in [0.25, 0.3) is 0 Å². The molecule has 0 spiro atoms. The number of carbonyl (C=O) groups excluding carboxylic acids is 1. The summed E-state index contributed by atoms with van der Waals surface area (Å²) in [5, 5.41) is 6.40. The standard InChI is InChI=1S/C13H14N4O4/c1-19-12-9(6-14-13(16-12)20-2)15-11(18)8-5-10(21-17-8)7-3-4-7/h5-7H,3-4H2,1-2H3,(H,15,18). The Hall–Kier alpha value is -2.64. The van der Waals surface area contributed by atoms with Gasteiger partial charge in [0.1, 0.15) is 11.4 Å². The second-order valence-electron chi connectivity index (χ2n) is 4.62. The maximum atomic E-state index is 12.1. The molecule has 1 N–H and O–H groups in total. The molecule has 110 valence electrons. The monoisotopic (exact) mass is 290 g/mol.